The fraction of sp³-hybridized carbons (Fsp3) is 0.0323. The lowest BCUT2D eigenvalue weighted by Crippen LogP contribution is -1.93. The second kappa shape index (κ2) is 8.23. The second-order valence-corrected chi connectivity index (χ2v) is 9.45. The van der Waals surface area contributed by atoms with Crippen molar-refractivity contribution in [1.82, 2.24) is 0 Å². The molecule has 0 atom stereocenters. The quantitative estimate of drug-likeness (QED) is 0.287. The zero-order valence-corrected chi connectivity index (χ0v) is 19.2. The summed E-state index contributed by atoms with van der Waals surface area (Å²) in [6.45, 7) is 2.11. The van der Waals surface area contributed by atoms with Crippen LogP contribution in [0.3, 0.4) is 0 Å². The van der Waals surface area contributed by atoms with E-state index < -0.39 is 0 Å². The van der Waals surface area contributed by atoms with Crippen LogP contribution in [0.25, 0.3) is 42.4 Å². The third kappa shape index (κ3) is 3.69. The van der Waals surface area contributed by atoms with Crippen molar-refractivity contribution >= 4 is 42.9 Å². The molecule has 0 aliphatic carbocycles. The Labute approximate surface area is 198 Å². The van der Waals surface area contributed by atoms with Crippen LogP contribution in [0.5, 0.6) is 0 Å². The molecular formula is C31H23NS. The summed E-state index contributed by atoms with van der Waals surface area (Å²) in [6.07, 6.45) is 0. The van der Waals surface area contributed by atoms with E-state index in [1.807, 2.05) is 11.3 Å². The number of anilines is 2. The molecule has 0 bridgehead atoms. The molecule has 158 valence electrons. The molecule has 33 heavy (non-hydrogen) atoms. The molecule has 0 amide bonds. The maximum absolute atomic E-state index is 3.61. The molecular weight excluding hydrogens is 418 g/mol. The van der Waals surface area contributed by atoms with E-state index in [1.165, 1.54) is 48.0 Å². The highest BCUT2D eigenvalue weighted by molar-refractivity contribution is 7.26. The van der Waals surface area contributed by atoms with Gasteiger partial charge in [-0.1, -0.05) is 90.5 Å². The first kappa shape index (κ1) is 19.8. The molecule has 0 spiro atoms. The molecule has 0 saturated heterocycles. The molecule has 0 radical (unpaired) electrons. The van der Waals surface area contributed by atoms with E-state index in [1.54, 1.807) is 0 Å². The molecule has 2 heteroatoms. The Balaban J connectivity index is 1.45. The second-order valence-electron chi connectivity index (χ2n) is 8.40. The van der Waals surface area contributed by atoms with E-state index in [9.17, 15) is 0 Å². The fourth-order valence-corrected chi connectivity index (χ4v) is 5.70. The van der Waals surface area contributed by atoms with Crippen molar-refractivity contribution < 1.29 is 0 Å². The SMILES string of the molecule is Cc1ccc(Nc2ccccc2-c2cccc(-c3cccc4c3sc3ccccc34)c2)cc1. The molecule has 1 heterocycles. The van der Waals surface area contributed by atoms with E-state index in [0.717, 1.165) is 11.4 Å². The summed E-state index contributed by atoms with van der Waals surface area (Å²) in [5.74, 6) is 0. The molecule has 1 aromatic heterocycles. The summed E-state index contributed by atoms with van der Waals surface area (Å²) >= 11 is 1.88. The van der Waals surface area contributed by atoms with E-state index in [-0.39, 0.29) is 0 Å². The summed E-state index contributed by atoms with van der Waals surface area (Å²) in [5.41, 5.74) is 8.41. The van der Waals surface area contributed by atoms with Crippen LogP contribution in [0.4, 0.5) is 11.4 Å². The van der Waals surface area contributed by atoms with Crippen molar-refractivity contribution in [3.8, 4) is 22.3 Å². The van der Waals surface area contributed by atoms with Crippen molar-refractivity contribution in [3.05, 3.63) is 121 Å². The van der Waals surface area contributed by atoms with Gasteiger partial charge in [-0.25, -0.2) is 0 Å². The van der Waals surface area contributed by atoms with Gasteiger partial charge < -0.3 is 5.32 Å². The predicted octanol–water partition coefficient (Wildman–Crippen LogP) is 9.44. The molecule has 0 unspecified atom stereocenters. The third-order valence-corrected chi connectivity index (χ3v) is 7.37. The summed E-state index contributed by atoms with van der Waals surface area (Å²) in [5, 5.41) is 6.28. The van der Waals surface area contributed by atoms with Crippen molar-refractivity contribution in [2.75, 3.05) is 5.32 Å². The minimum absolute atomic E-state index is 1.10. The van der Waals surface area contributed by atoms with Crippen molar-refractivity contribution in [1.29, 1.82) is 0 Å². The zero-order chi connectivity index (χ0) is 22.2. The average molecular weight is 442 g/mol. The van der Waals surface area contributed by atoms with Crippen LogP contribution in [0, 0.1) is 6.92 Å². The normalized spacial score (nSPS) is 11.2. The molecule has 6 rings (SSSR count). The Hall–Kier alpha value is -3.88. The zero-order valence-electron chi connectivity index (χ0n) is 18.4. The number of benzene rings is 5. The van der Waals surface area contributed by atoms with Gasteiger partial charge in [-0.05, 0) is 53.9 Å². The molecule has 0 saturated carbocycles. The highest BCUT2D eigenvalue weighted by atomic mass is 32.1. The monoisotopic (exact) mass is 441 g/mol. The average Bonchev–Trinajstić information content (AvgIpc) is 3.25. The van der Waals surface area contributed by atoms with Crippen LogP contribution in [0.2, 0.25) is 0 Å². The van der Waals surface area contributed by atoms with E-state index in [0.29, 0.717) is 0 Å². The van der Waals surface area contributed by atoms with Gasteiger partial charge in [0.2, 0.25) is 0 Å². The first-order chi connectivity index (χ1) is 16.3. The lowest BCUT2D eigenvalue weighted by Gasteiger charge is -2.14. The molecule has 0 aliphatic rings. The van der Waals surface area contributed by atoms with Gasteiger partial charge in [0.05, 0.1) is 0 Å². The summed E-state index contributed by atoms with van der Waals surface area (Å²) in [7, 11) is 0. The lowest BCUT2D eigenvalue weighted by atomic mass is 9.97. The van der Waals surface area contributed by atoms with E-state index in [2.05, 4.69) is 128 Å². The first-order valence-corrected chi connectivity index (χ1v) is 12.0. The number of thiophene rings is 1. The molecule has 6 aromatic rings. The number of rotatable bonds is 4. The first-order valence-electron chi connectivity index (χ1n) is 11.2. The van der Waals surface area contributed by atoms with Crippen LogP contribution in [0.1, 0.15) is 5.56 Å². The molecule has 0 aliphatic heterocycles. The Morgan fingerprint density at radius 3 is 2.12 bits per heavy atom. The smallest absolute Gasteiger partial charge is 0.0463 e. The van der Waals surface area contributed by atoms with Crippen molar-refractivity contribution in [3.63, 3.8) is 0 Å². The fourth-order valence-electron chi connectivity index (χ4n) is 4.47. The van der Waals surface area contributed by atoms with Gasteiger partial charge in [0.25, 0.3) is 0 Å². The highest BCUT2D eigenvalue weighted by Crippen LogP contribution is 2.41. The van der Waals surface area contributed by atoms with Gasteiger partial charge in [0, 0.05) is 37.1 Å². The van der Waals surface area contributed by atoms with Crippen molar-refractivity contribution in [2.45, 2.75) is 6.92 Å². The molecule has 5 aromatic carbocycles. The lowest BCUT2D eigenvalue weighted by molar-refractivity contribution is 1.45. The predicted molar refractivity (Wildman–Crippen MR) is 145 cm³/mol. The van der Waals surface area contributed by atoms with Crippen molar-refractivity contribution in [2.24, 2.45) is 0 Å². The van der Waals surface area contributed by atoms with Crippen LogP contribution in [-0.4, -0.2) is 0 Å². The van der Waals surface area contributed by atoms with Gasteiger partial charge >= 0.3 is 0 Å². The van der Waals surface area contributed by atoms with Crippen LogP contribution >= 0.6 is 11.3 Å². The van der Waals surface area contributed by atoms with E-state index >= 15 is 0 Å². The van der Waals surface area contributed by atoms with Crippen LogP contribution in [0.15, 0.2) is 115 Å². The van der Waals surface area contributed by atoms with Crippen LogP contribution in [-0.2, 0) is 0 Å². The van der Waals surface area contributed by atoms with E-state index in [4.69, 9.17) is 0 Å². The largest absolute Gasteiger partial charge is 0.355 e. The standard InChI is InChI=1S/C31H23NS/c1-21-16-18-24(19-17-21)32-29-14-4-2-10-25(29)22-8-6-9-23(20-22)26-12-7-13-28-27-11-3-5-15-30(27)33-31(26)28/h2-20,32H,1H3. The Morgan fingerprint density at radius 1 is 0.576 bits per heavy atom. The molecule has 0 fully saturated rings. The molecule has 1 nitrogen and oxygen atoms in total. The summed E-state index contributed by atoms with van der Waals surface area (Å²) in [6, 6.07) is 41.3. The number of fused-ring (bicyclic) bond motifs is 3. The summed E-state index contributed by atoms with van der Waals surface area (Å²) in [4.78, 5) is 0. The maximum atomic E-state index is 3.61. The van der Waals surface area contributed by atoms with Gasteiger partial charge in [-0.2, -0.15) is 0 Å². The van der Waals surface area contributed by atoms with Gasteiger partial charge in [0.15, 0.2) is 0 Å². The number of hydrogen-bond donors (Lipinski definition) is 1. The Morgan fingerprint density at radius 2 is 1.24 bits per heavy atom. The Bertz CT molecular complexity index is 1590. The summed E-state index contributed by atoms with van der Waals surface area (Å²) < 4.78 is 2.69. The Kier molecular flexibility index (Phi) is 4.93. The minimum Gasteiger partial charge on any atom is -0.355 e. The topological polar surface area (TPSA) is 12.0 Å². The minimum atomic E-state index is 1.10. The number of nitrogens with one attached hydrogen (secondary N) is 1. The number of aryl methyl sites for hydroxylation is 1. The number of para-hydroxylation sites is 1. The van der Waals surface area contributed by atoms with Crippen LogP contribution < -0.4 is 5.32 Å². The van der Waals surface area contributed by atoms with Gasteiger partial charge in [0.1, 0.15) is 0 Å². The van der Waals surface area contributed by atoms with Gasteiger partial charge in [-0.3, -0.25) is 0 Å². The molecule has 1 N–H and O–H groups in total. The maximum Gasteiger partial charge on any atom is 0.0463 e. The number of hydrogen-bond acceptors (Lipinski definition) is 2. The highest BCUT2D eigenvalue weighted by Gasteiger charge is 2.12. The third-order valence-electron chi connectivity index (χ3n) is 6.15. The van der Waals surface area contributed by atoms with Gasteiger partial charge in [-0.15, -0.1) is 11.3 Å².